The molecule has 0 spiro atoms. The van der Waals surface area contributed by atoms with Gasteiger partial charge in [-0.25, -0.2) is 0 Å². The number of hydrogen-bond acceptors (Lipinski definition) is 3. The van der Waals surface area contributed by atoms with Crippen molar-refractivity contribution >= 4 is 0 Å². The van der Waals surface area contributed by atoms with Crippen LogP contribution in [0, 0.1) is 0 Å². The lowest BCUT2D eigenvalue weighted by atomic mass is 9.99. The van der Waals surface area contributed by atoms with Gasteiger partial charge in [0.05, 0.1) is 12.2 Å². The van der Waals surface area contributed by atoms with E-state index in [9.17, 15) is 5.11 Å². The third-order valence-electron chi connectivity index (χ3n) is 5.36. The van der Waals surface area contributed by atoms with E-state index in [1.807, 2.05) is 20.8 Å². The van der Waals surface area contributed by atoms with E-state index in [1.54, 1.807) is 0 Å². The molecule has 0 bridgehead atoms. The zero-order chi connectivity index (χ0) is 18.5. The van der Waals surface area contributed by atoms with Crippen LogP contribution in [0.2, 0.25) is 0 Å². The van der Waals surface area contributed by atoms with Crippen molar-refractivity contribution in [3.05, 3.63) is 0 Å². The second-order valence-corrected chi connectivity index (χ2v) is 8.29. The third-order valence-corrected chi connectivity index (χ3v) is 5.36. The van der Waals surface area contributed by atoms with E-state index >= 15 is 0 Å². The van der Waals surface area contributed by atoms with Crippen molar-refractivity contribution < 1.29 is 14.6 Å². The second-order valence-electron chi connectivity index (χ2n) is 8.29. The van der Waals surface area contributed by atoms with Gasteiger partial charge in [0, 0.05) is 0 Å². The summed E-state index contributed by atoms with van der Waals surface area (Å²) in [5, 5.41) is 10.1. The molecular formula is C22H44O3. The molecule has 0 radical (unpaired) electrons. The van der Waals surface area contributed by atoms with Gasteiger partial charge in [0.25, 0.3) is 0 Å². The van der Waals surface area contributed by atoms with Crippen LogP contribution < -0.4 is 0 Å². The average molecular weight is 357 g/mol. The van der Waals surface area contributed by atoms with Crippen LogP contribution in [-0.4, -0.2) is 29.2 Å². The molecule has 0 amide bonds. The van der Waals surface area contributed by atoms with Crippen LogP contribution in [0.3, 0.4) is 0 Å². The molecule has 150 valence electrons. The van der Waals surface area contributed by atoms with Crippen LogP contribution in [-0.2, 0) is 9.47 Å². The summed E-state index contributed by atoms with van der Waals surface area (Å²) >= 11 is 0. The highest BCUT2D eigenvalue weighted by atomic mass is 16.8. The number of aliphatic hydroxyl groups excluding tert-OH is 1. The predicted octanol–water partition coefficient (Wildman–Crippen LogP) is 6.37. The molecule has 0 aromatic heterocycles. The van der Waals surface area contributed by atoms with Gasteiger partial charge in [-0.15, -0.1) is 0 Å². The van der Waals surface area contributed by atoms with E-state index in [4.69, 9.17) is 9.47 Å². The summed E-state index contributed by atoms with van der Waals surface area (Å²) in [6.45, 7) is 8.17. The molecule has 1 N–H and O–H groups in total. The number of hydrogen-bond donors (Lipinski definition) is 1. The molecular weight excluding hydrogens is 312 g/mol. The highest BCUT2D eigenvalue weighted by Gasteiger charge is 2.43. The van der Waals surface area contributed by atoms with Crippen LogP contribution in [0.4, 0.5) is 0 Å². The van der Waals surface area contributed by atoms with E-state index < -0.39 is 11.9 Å². The van der Waals surface area contributed by atoms with Crippen LogP contribution >= 0.6 is 0 Å². The van der Waals surface area contributed by atoms with Crippen molar-refractivity contribution in [3.8, 4) is 0 Å². The smallest absolute Gasteiger partial charge is 0.163 e. The zero-order valence-electron chi connectivity index (χ0n) is 17.4. The van der Waals surface area contributed by atoms with E-state index in [1.165, 1.54) is 77.0 Å². The largest absolute Gasteiger partial charge is 0.390 e. The lowest BCUT2D eigenvalue weighted by Gasteiger charge is -2.21. The Kier molecular flexibility index (Phi) is 12.0. The first-order chi connectivity index (χ1) is 12.0. The average Bonchev–Trinajstić information content (AvgIpc) is 2.90. The van der Waals surface area contributed by atoms with Gasteiger partial charge in [0.15, 0.2) is 5.79 Å². The van der Waals surface area contributed by atoms with Gasteiger partial charge in [0.1, 0.15) is 6.10 Å². The van der Waals surface area contributed by atoms with Crippen molar-refractivity contribution in [1.82, 2.24) is 0 Å². The molecule has 1 aliphatic rings. The fourth-order valence-corrected chi connectivity index (χ4v) is 3.83. The topological polar surface area (TPSA) is 38.7 Å². The molecule has 0 aromatic rings. The van der Waals surface area contributed by atoms with Crippen molar-refractivity contribution in [2.75, 3.05) is 0 Å². The summed E-state index contributed by atoms with van der Waals surface area (Å²) < 4.78 is 11.9. The second kappa shape index (κ2) is 13.1. The van der Waals surface area contributed by atoms with Crippen LogP contribution in [0.5, 0.6) is 0 Å². The quantitative estimate of drug-likeness (QED) is 0.346. The lowest BCUT2D eigenvalue weighted by molar-refractivity contribution is -0.155. The molecule has 1 aliphatic heterocycles. The Labute approximate surface area is 156 Å². The van der Waals surface area contributed by atoms with Gasteiger partial charge >= 0.3 is 0 Å². The molecule has 1 rings (SSSR count). The van der Waals surface area contributed by atoms with E-state index in [2.05, 4.69) is 6.92 Å². The molecule has 3 nitrogen and oxygen atoms in total. The maximum Gasteiger partial charge on any atom is 0.163 e. The lowest BCUT2D eigenvalue weighted by Crippen LogP contribution is -2.35. The molecule has 3 atom stereocenters. The molecule has 1 fully saturated rings. The summed E-state index contributed by atoms with van der Waals surface area (Å²) in [6, 6.07) is 0. The number of ether oxygens (including phenoxy) is 2. The van der Waals surface area contributed by atoms with Gasteiger partial charge in [0.2, 0.25) is 0 Å². The Morgan fingerprint density at radius 3 is 1.72 bits per heavy atom. The number of aliphatic hydroxyl groups is 1. The first-order valence-electron chi connectivity index (χ1n) is 11.0. The van der Waals surface area contributed by atoms with Crippen LogP contribution in [0.1, 0.15) is 118 Å². The van der Waals surface area contributed by atoms with E-state index in [0.29, 0.717) is 0 Å². The van der Waals surface area contributed by atoms with Crippen LogP contribution in [0.15, 0.2) is 0 Å². The fourth-order valence-electron chi connectivity index (χ4n) is 3.83. The van der Waals surface area contributed by atoms with Crippen molar-refractivity contribution in [3.63, 3.8) is 0 Å². The van der Waals surface area contributed by atoms with E-state index in [-0.39, 0.29) is 12.2 Å². The van der Waals surface area contributed by atoms with Gasteiger partial charge in [-0.05, 0) is 26.7 Å². The molecule has 3 heteroatoms. The molecule has 1 heterocycles. The number of rotatable bonds is 15. The Bertz CT molecular complexity index is 316. The summed E-state index contributed by atoms with van der Waals surface area (Å²) in [4.78, 5) is 0. The predicted molar refractivity (Wildman–Crippen MR) is 106 cm³/mol. The summed E-state index contributed by atoms with van der Waals surface area (Å²) in [7, 11) is 0. The first kappa shape index (κ1) is 22.9. The Morgan fingerprint density at radius 2 is 1.24 bits per heavy atom. The monoisotopic (exact) mass is 356 g/mol. The zero-order valence-corrected chi connectivity index (χ0v) is 17.4. The Balaban J connectivity index is 2.00. The standard InChI is InChI=1S/C22H44O3/c1-5-7-8-9-10-11-12-13-14-15-16-17-18-20-21(19(23)6-2)25-22(3,4)24-20/h19-21,23H,5-18H2,1-4H3/t19-,20-,21+/m1/s1. The van der Waals surface area contributed by atoms with Gasteiger partial charge in [-0.1, -0.05) is 90.9 Å². The molecule has 1 saturated heterocycles. The summed E-state index contributed by atoms with van der Waals surface area (Å²) in [5.41, 5.74) is 0. The molecule has 25 heavy (non-hydrogen) atoms. The third kappa shape index (κ3) is 9.96. The minimum absolute atomic E-state index is 0.0491. The van der Waals surface area contributed by atoms with Gasteiger partial charge in [-0.3, -0.25) is 0 Å². The SMILES string of the molecule is CCCCCCCCCCCCCC[C@H]1OC(C)(C)O[C@H]1[C@H](O)CC. The maximum absolute atomic E-state index is 10.1. The Morgan fingerprint density at radius 1 is 0.760 bits per heavy atom. The summed E-state index contributed by atoms with van der Waals surface area (Å²) in [5.74, 6) is -0.553. The molecule has 0 saturated carbocycles. The minimum Gasteiger partial charge on any atom is -0.390 e. The van der Waals surface area contributed by atoms with Crippen molar-refractivity contribution in [2.24, 2.45) is 0 Å². The fraction of sp³-hybridized carbons (Fsp3) is 1.00. The molecule has 0 aromatic carbocycles. The van der Waals surface area contributed by atoms with Crippen molar-refractivity contribution in [2.45, 2.75) is 142 Å². The Hall–Kier alpha value is -0.120. The maximum atomic E-state index is 10.1. The van der Waals surface area contributed by atoms with Gasteiger partial charge in [-0.2, -0.15) is 0 Å². The molecule has 0 aliphatic carbocycles. The van der Waals surface area contributed by atoms with Crippen molar-refractivity contribution in [1.29, 1.82) is 0 Å². The van der Waals surface area contributed by atoms with Gasteiger partial charge < -0.3 is 14.6 Å². The minimum atomic E-state index is -0.553. The normalized spacial score (nSPS) is 23.9. The highest BCUT2D eigenvalue weighted by molar-refractivity contribution is 4.85. The van der Waals surface area contributed by atoms with E-state index in [0.717, 1.165) is 12.8 Å². The first-order valence-corrected chi connectivity index (χ1v) is 11.0. The van der Waals surface area contributed by atoms with Crippen LogP contribution in [0.25, 0.3) is 0 Å². The molecule has 0 unspecified atom stereocenters. The summed E-state index contributed by atoms with van der Waals surface area (Å²) in [6.07, 6.45) is 17.6. The highest BCUT2D eigenvalue weighted by Crippen LogP contribution is 2.33. The number of unbranched alkanes of at least 4 members (excludes halogenated alkanes) is 11.